The van der Waals surface area contributed by atoms with Crippen LogP contribution in [0.3, 0.4) is 0 Å². The smallest absolute Gasteiger partial charge is 0.417 e. The number of ether oxygens (including phenoxy) is 1. The number of carbonyl (C=O) groups excluding carboxylic acids is 1. The van der Waals surface area contributed by atoms with Gasteiger partial charge in [-0.2, -0.15) is 13.2 Å². The first-order valence-electron chi connectivity index (χ1n) is 6.17. The summed E-state index contributed by atoms with van der Waals surface area (Å²) in [7, 11) is -3.44. The van der Waals surface area contributed by atoms with E-state index >= 15 is 0 Å². The topological polar surface area (TPSA) is 60.4 Å². The van der Waals surface area contributed by atoms with Gasteiger partial charge < -0.3 is 4.74 Å². The van der Waals surface area contributed by atoms with E-state index in [0.717, 1.165) is 19.2 Å². The van der Waals surface area contributed by atoms with Gasteiger partial charge in [-0.05, 0) is 30.9 Å². The first-order valence-corrected chi connectivity index (χ1v) is 7.72. The van der Waals surface area contributed by atoms with Crippen LogP contribution in [0.4, 0.5) is 13.2 Å². The molecule has 0 aromatic heterocycles. The van der Waals surface area contributed by atoms with Gasteiger partial charge >= 0.3 is 12.1 Å². The highest BCUT2D eigenvalue weighted by Crippen LogP contribution is 2.42. The van der Waals surface area contributed by atoms with Crippen molar-refractivity contribution in [2.45, 2.75) is 29.2 Å². The molecule has 8 heteroatoms. The molecule has 0 saturated heterocycles. The van der Waals surface area contributed by atoms with Gasteiger partial charge in [0.05, 0.1) is 17.6 Å². The summed E-state index contributed by atoms with van der Waals surface area (Å²) >= 11 is 0. The lowest BCUT2D eigenvalue weighted by Crippen LogP contribution is -2.34. The van der Waals surface area contributed by atoms with Crippen molar-refractivity contribution >= 4 is 15.8 Å². The molecule has 4 nitrogen and oxygen atoms in total. The molecule has 0 radical (unpaired) electrons. The first-order chi connectivity index (χ1) is 9.69. The fourth-order valence-corrected chi connectivity index (χ4v) is 4.33. The van der Waals surface area contributed by atoms with Crippen LogP contribution in [0.2, 0.25) is 0 Å². The van der Waals surface area contributed by atoms with Crippen LogP contribution >= 0.6 is 0 Å². The summed E-state index contributed by atoms with van der Waals surface area (Å²) in [5.41, 5.74) is -1.26. The Labute approximate surface area is 119 Å². The van der Waals surface area contributed by atoms with Crippen molar-refractivity contribution in [3.05, 3.63) is 29.8 Å². The Morgan fingerprint density at radius 1 is 1.29 bits per heavy atom. The molecule has 21 heavy (non-hydrogen) atoms. The summed E-state index contributed by atoms with van der Waals surface area (Å²) in [5.74, 6) is -1.50. The number of halogens is 3. The summed E-state index contributed by atoms with van der Waals surface area (Å²) in [6, 6.07) is 3.86. The third kappa shape index (κ3) is 3.04. The van der Waals surface area contributed by atoms with Gasteiger partial charge in [-0.25, -0.2) is 8.42 Å². The summed E-state index contributed by atoms with van der Waals surface area (Å²) in [5, 5.41) is -1.58. The van der Waals surface area contributed by atoms with Crippen molar-refractivity contribution in [2.75, 3.05) is 7.11 Å². The monoisotopic (exact) mass is 322 g/mol. The van der Waals surface area contributed by atoms with Gasteiger partial charge in [-0.15, -0.1) is 0 Å². The molecule has 0 amide bonds. The van der Waals surface area contributed by atoms with Gasteiger partial charge in [-0.3, -0.25) is 4.79 Å². The molecule has 116 valence electrons. The highest BCUT2D eigenvalue weighted by atomic mass is 32.2. The zero-order chi connectivity index (χ0) is 15.8. The molecule has 0 heterocycles. The SMILES string of the molecule is COC(=O)C(C1CC1)S(=O)(=O)c1ccccc1C(F)(F)F. The molecule has 1 aliphatic rings. The largest absolute Gasteiger partial charge is 0.468 e. The Bertz CT molecular complexity index is 648. The summed E-state index contributed by atoms with van der Waals surface area (Å²) in [4.78, 5) is 10.8. The third-order valence-corrected chi connectivity index (χ3v) is 5.53. The summed E-state index contributed by atoms with van der Waals surface area (Å²) in [6.07, 6.45) is -3.85. The molecule has 1 atom stereocenters. The van der Waals surface area contributed by atoms with E-state index in [1.54, 1.807) is 0 Å². The van der Waals surface area contributed by atoms with Crippen molar-refractivity contribution < 1.29 is 31.1 Å². The van der Waals surface area contributed by atoms with Gasteiger partial charge in [0.2, 0.25) is 0 Å². The lowest BCUT2D eigenvalue weighted by molar-refractivity contribution is -0.141. The van der Waals surface area contributed by atoms with E-state index in [-0.39, 0.29) is 0 Å². The Hall–Kier alpha value is -1.57. The van der Waals surface area contributed by atoms with Gasteiger partial charge in [0.25, 0.3) is 0 Å². The number of carbonyl (C=O) groups is 1. The van der Waals surface area contributed by atoms with Gasteiger partial charge in [-0.1, -0.05) is 12.1 Å². The summed E-state index contributed by atoms with van der Waals surface area (Å²) in [6.45, 7) is 0. The van der Waals surface area contributed by atoms with Crippen molar-refractivity contribution in [1.29, 1.82) is 0 Å². The van der Waals surface area contributed by atoms with Crippen LogP contribution in [-0.4, -0.2) is 26.7 Å². The lowest BCUT2D eigenvalue weighted by atomic mass is 10.2. The number of rotatable bonds is 4. The van der Waals surface area contributed by atoms with E-state index in [1.165, 1.54) is 6.07 Å². The molecule has 0 spiro atoms. The van der Waals surface area contributed by atoms with E-state index in [1.807, 2.05) is 0 Å². The van der Waals surface area contributed by atoms with E-state index in [0.29, 0.717) is 18.9 Å². The number of benzene rings is 1. The van der Waals surface area contributed by atoms with Gasteiger partial charge in [0.15, 0.2) is 15.1 Å². The van der Waals surface area contributed by atoms with Crippen LogP contribution in [-0.2, 0) is 25.5 Å². The Morgan fingerprint density at radius 3 is 2.33 bits per heavy atom. The second-order valence-corrected chi connectivity index (χ2v) is 6.86. The van der Waals surface area contributed by atoms with E-state index < -0.39 is 43.6 Å². The molecule has 1 aliphatic carbocycles. The summed E-state index contributed by atoms with van der Waals surface area (Å²) < 4.78 is 68.3. The quantitative estimate of drug-likeness (QED) is 0.799. The minimum atomic E-state index is -4.81. The molecule has 1 saturated carbocycles. The number of hydrogen-bond donors (Lipinski definition) is 0. The molecule has 0 N–H and O–H groups in total. The molecule has 1 unspecified atom stereocenters. The van der Waals surface area contributed by atoms with E-state index in [9.17, 15) is 26.4 Å². The second-order valence-electron chi connectivity index (χ2n) is 4.82. The maximum Gasteiger partial charge on any atom is 0.417 e. The highest BCUT2D eigenvalue weighted by Gasteiger charge is 2.49. The molecule has 0 aliphatic heterocycles. The number of sulfone groups is 1. The third-order valence-electron chi connectivity index (χ3n) is 3.32. The number of esters is 1. The highest BCUT2D eigenvalue weighted by molar-refractivity contribution is 7.92. The number of hydrogen-bond acceptors (Lipinski definition) is 4. The molecule has 1 fully saturated rings. The minimum absolute atomic E-state index is 0.479. The lowest BCUT2D eigenvalue weighted by Gasteiger charge is -2.18. The zero-order valence-electron chi connectivity index (χ0n) is 11.1. The van der Waals surface area contributed by atoms with Crippen molar-refractivity contribution in [1.82, 2.24) is 0 Å². The first kappa shape index (κ1) is 15.8. The van der Waals surface area contributed by atoms with Crippen LogP contribution in [0.5, 0.6) is 0 Å². The molecular weight excluding hydrogens is 309 g/mol. The van der Waals surface area contributed by atoms with Crippen LogP contribution in [0.25, 0.3) is 0 Å². The number of alkyl halides is 3. The maximum atomic E-state index is 13.0. The van der Waals surface area contributed by atoms with Crippen molar-refractivity contribution in [2.24, 2.45) is 5.92 Å². The molecule has 0 bridgehead atoms. The Kier molecular flexibility index (Phi) is 4.01. The van der Waals surface area contributed by atoms with Crippen LogP contribution in [0.1, 0.15) is 18.4 Å². The van der Waals surface area contributed by atoms with Crippen molar-refractivity contribution in [3.63, 3.8) is 0 Å². The van der Waals surface area contributed by atoms with E-state index in [4.69, 9.17) is 0 Å². The Morgan fingerprint density at radius 2 is 1.86 bits per heavy atom. The fraction of sp³-hybridized carbons (Fsp3) is 0.462. The Balaban J connectivity index is 2.56. The predicted octanol–water partition coefficient (Wildman–Crippen LogP) is 2.43. The second kappa shape index (κ2) is 5.32. The van der Waals surface area contributed by atoms with Crippen LogP contribution in [0.15, 0.2) is 29.2 Å². The fourth-order valence-electron chi connectivity index (χ4n) is 2.17. The molecule has 1 aromatic carbocycles. The van der Waals surface area contributed by atoms with Crippen LogP contribution in [0, 0.1) is 5.92 Å². The average Bonchev–Trinajstić information content (AvgIpc) is 3.22. The van der Waals surface area contributed by atoms with Crippen LogP contribution < -0.4 is 0 Å². The van der Waals surface area contributed by atoms with Gasteiger partial charge in [0.1, 0.15) is 0 Å². The number of methoxy groups -OCH3 is 1. The minimum Gasteiger partial charge on any atom is -0.468 e. The van der Waals surface area contributed by atoms with Crippen molar-refractivity contribution in [3.8, 4) is 0 Å². The predicted molar refractivity (Wildman–Crippen MR) is 67.2 cm³/mol. The average molecular weight is 322 g/mol. The standard InChI is InChI=1S/C13H13F3O4S/c1-20-12(17)11(8-6-7-8)21(18,19)10-5-3-2-4-9(10)13(14,15)16/h2-5,8,11H,6-7H2,1H3. The zero-order valence-corrected chi connectivity index (χ0v) is 11.9. The molecular formula is C13H13F3O4S. The maximum absolute atomic E-state index is 13.0. The van der Waals surface area contributed by atoms with Gasteiger partial charge in [0, 0.05) is 0 Å². The normalized spacial score (nSPS) is 17.3. The molecule has 2 rings (SSSR count). The van der Waals surface area contributed by atoms with E-state index in [2.05, 4.69) is 4.74 Å². The molecule has 1 aromatic rings.